The Morgan fingerprint density at radius 3 is 2.24 bits per heavy atom. The van der Waals surface area contributed by atoms with Gasteiger partial charge in [0.15, 0.2) is 11.5 Å². The summed E-state index contributed by atoms with van der Waals surface area (Å²) in [6.07, 6.45) is 3.35. The van der Waals surface area contributed by atoms with Gasteiger partial charge in [-0.2, -0.15) is 4.31 Å². The van der Waals surface area contributed by atoms with Crippen LogP contribution in [0.5, 0.6) is 17.2 Å². The summed E-state index contributed by atoms with van der Waals surface area (Å²) in [5.74, 6) is 0.698. The molecular formula is C38H48N4O8S. The van der Waals surface area contributed by atoms with E-state index in [-0.39, 0.29) is 33.7 Å². The minimum absolute atomic E-state index is 0.174. The second-order valence-electron chi connectivity index (χ2n) is 13.3. The first kappa shape index (κ1) is 37.6. The molecular weight excluding hydrogens is 673 g/mol. The van der Waals surface area contributed by atoms with Gasteiger partial charge in [-0.05, 0) is 90.6 Å². The number of aryl methyl sites for hydroxylation is 1. The van der Waals surface area contributed by atoms with Crippen molar-refractivity contribution in [3.8, 4) is 28.4 Å². The standard InChI is InChI=1S/C38H48N4O8S/c1-23(2)35(38(45)39-18-17-25-9-12-27(13-10-25)51(46,47)42-19-7-8-20-42)41-31-16-14-28-29(22-32(31)44)30(40-24(3)43)15-11-26-21-33(48-4)36(49-5)37(50-6)34(26)28/h9-10,12-14,16,21-23,30,35H,7-8,11,15,17-20H2,1-6H3,(H,39,45)(H,40,43)(H,41,44)/t30-,35-/m0/s1. The smallest absolute Gasteiger partial charge is 0.243 e. The molecule has 51 heavy (non-hydrogen) atoms. The summed E-state index contributed by atoms with van der Waals surface area (Å²) < 4.78 is 44.4. The molecule has 1 fully saturated rings. The van der Waals surface area contributed by atoms with Crippen LogP contribution in [0.4, 0.5) is 5.69 Å². The molecule has 0 spiro atoms. The number of benzene rings is 2. The number of carbonyl (C=O) groups is 2. The van der Waals surface area contributed by atoms with E-state index in [1.165, 1.54) is 24.4 Å². The second kappa shape index (κ2) is 16.2. The van der Waals surface area contributed by atoms with E-state index in [4.69, 9.17) is 14.2 Å². The van der Waals surface area contributed by atoms with Gasteiger partial charge in [-0.15, -0.1) is 0 Å². The van der Waals surface area contributed by atoms with Crippen LogP contribution in [-0.2, 0) is 32.5 Å². The van der Waals surface area contributed by atoms with E-state index < -0.39 is 22.1 Å². The highest BCUT2D eigenvalue weighted by atomic mass is 32.2. The largest absolute Gasteiger partial charge is 0.493 e. The van der Waals surface area contributed by atoms with E-state index in [9.17, 15) is 22.8 Å². The number of hydrogen-bond donors (Lipinski definition) is 3. The Labute approximate surface area is 299 Å². The van der Waals surface area contributed by atoms with Gasteiger partial charge in [-0.3, -0.25) is 14.4 Å². The Bertz CT molecular complexity index is 1930. The zero-order valence-corrected chi connectivity index (χ0v) is 30.9. The SMILES string of the molecule is COc1cc2c(c(OC)c1OC)-c1ccc(N[C@H](C(=O)NCCc3ccc(S(=O)(=O)N4CCCC4)cc3)C(C)C)c(=O)cc1[C@@H](NC(C)=O)CC2. The molecule has 2 aliphatic rings. The number of ether oxygens (including phenoxy) is 3. The Hall–Kier alpha value is -4.62. The number of fused-ring (bicyclic) bond motifs is 3. The molecule has 0 bridgehead atoms. The quantitative estimate of drug-likeness (QED) is 0.233. The van der Waals surface area contributed by atoms with Crippen molar-refractivity contribution in [3.63, 3.8) is 0 Å². The molecule has 0 aromatic heterocycles. The van der Waals surface area contributed by atoms with Gasteiger partial charge in [0, 0.05) is 32.1 Å². The zero-order chi connectivity index (χ0) is 36.9. The first-order valence-electron chi connectivity index (χ1n) is 17.3. The molecule has 1 aliphatic carbocycles. The van der Waals surface area contributed by atoms with Crippen molar-refractivity contribution in [2.45, 2.75) is 69.9 Å². The van der Waals surface area contributed by atoms with E-state index >= 15 is 0 Å². The molecule has 0 saturated carbocycles. The summed E-state index contributed by atoms with van der Waals surface area (Å²) >= 11 is 0. The maximum atomic E-state index is 13.9. The number of nitrogens with one attached hydrogen (secondary N) is 3. The number of sulfonamides is 1. The highest BCUT2D eigenvalue weighted by molar-refractivity contribution is 7.89. The van der Waals surface area contributed by atoms with Gasteiger partial charge < -0.3 is 30.2 Å². The Kier molecular flexibility index (Phi) is 11.9. The Morgan fingerprint density at radius 1 is 0.941 bits per heavy atom. The highest BCUT2D eigenvalue weighted by Gasteiger charge is 2.31. The monoisotopic (exact) mass is 720 g/mol. The van der Waals surface area contributed by atoms with Crippen LogP contribution in [0.15, 0.2) is 58.2 Å². The minimum Gasteiger partial charge on any atom is -0.493 e. The molecule has 5 rings (SSSR count). The molecule has 274 valence electrons. The average Bonchev–Trinajstić information content (AvgIpc) is 3.57. The third-order valence-electron chi connectivity index (χ3n) is 9.52. The summed E-state index contributed by atoms with van der Waals surface area (Å²) in [7, 11) is 1.14. The lowest BCUT2D eigenvalue weighted by Crippen LogP contribution is -2.44. The first-order chi connectivity index (χ1) is 24.4. The third kappa shape index (κ3) is 8.15. The van der Waals surface area contributed by atoms with Crippen LogP contribution < -0.4 is 35.6 Å². The van der Waals surface area contributed by atoms with E-state index in [2.05, 4.69) is 16.0 Å². The van der Waals surface area contributed by atoms with Crippen LogP contribution in [-0.4, -0.2) is 71.5 Å². The van der Waals surface area contributed by atoms with Crippen molar-refractivity contribution in [1.82, 2.24) is 14.9 Å². The average molecular weight is 721 g/mol. The summed E-state index contributed by atoms with van der Waals surface area (Å²) in [5.41, 5.74) is 3.74. The summed E-state index contributed by atoms with van der Waals surface area (Å²) in [6, 6.07) is 12.5. The first-order valence-corrected chi connectivity index (χ1v) is 18.7. The van der Waals surface area contributed by atoms with Gasteiger partial charge in [0.25, 0.3) is 0 Å². The lowest BCUT2D eigenvalue weighted by atomic mass is 9.95. The summed E-state index contributed by atoms with van der Waals surface area (Å²) in [6.45, 7) is 6.65. The van der Waals surface area contributed by atoms with Crippen molar-refractivity contribution in [1.29, 1.82) is 0 Å². The van der Waals surface area contributed by atoms with Crippen molar-refractivity contribution in [2.24, 2.45) is 5.92 Å². The fourth-order valence-electron chi connectivity index (χ4n) is 6.88. The summed E-state index contributed by atoms with van der Waals surface area (Å²) in [5, 5.41) is 9.18. The number of nitrogens with zero attached hydrogens (tertiary/aromatic N) is 1. The molecule has 1 aliphatic heterocycles. The molecule has 3 aromatic rings. The van der Waals surface area contributed by atoms with Crippen LogP contribution in [0.25, 0.3) is 11.1 Å². The van der Waals surface area contributed by atoms with E-state index in [1.807, 2.05) is 26.0 Å². The normalized spacial score (nSPS) is 16.3. The number of hydrogen-bond acceptors (Lipinski definition) is 9. The van der Waals surface area contributed by atoms with E-state index in [1.54, 1.807) is 44.6 Å². The fraction of sp³-hybridized carbons (Fsp3) is 0.447. The van der Waals surface area contributed by atoms with Crippen molar-refractivity contribution in [2.75, 3.05) is 46.3 Å². The van der Waals surface area contributed by atoms with Gasteiger partial charge in [0.2, 0.25) is 33.0 Å². The lowest BCUT2D eigenvalue weighted by molar-refractivity contribution is -0.122. The number of methoxy groups -OCH3 is 3. The maximum Gasteiger partial charge on any atom is 0.243 e. The topological polar surface area (TPSA) is 152 Å². The zero-order valence-electron chi connectivity index (χ0n) is 30.1. The number of amides is 2. The molecule has 2 atom stereocenters. The van der Waals surface area contributed by atoms with E-state index in [0.717, 1.165) is 29.5 Å². The van der Waals surface area contributed by atoms with Crippen molar-refractivity contribution >= 4 is 27.5 Å². The Balaban J connectivity index is 1.39. The number of carbonyl (C=O) groups excluding carboxylic acids is 2. The lowest BCUT2D eigenvalue weighted by Gasteiger charge is -2.22. The van der Waals surface area contributed by atoms with Gasteiger partial charge in [-0.25, -0.2) is 8.42 Å². The molecule has 1 saturated heterocycles. The molecule has 0 unspecified atom stereocenters. The molecule has 1 heterocycles. The van der Waals surface area contributed by atoms with Crippen LogP contribution >= 0.6 is 0 Å². The van der Waals surface area contributed by atoms with Crippen LogP contribution in [0.3, 0.4) is 0 Å². The predicted molar refractivity (Wildman–Crippen MR) is 196 cm³/mol. The molecule has 3 N–H and O–H groups in total. The minimum atomic E-state index is -3.49. The molecule has 3 aromatic carbocycles. The highest BCUT2D eigenvalue weighted by Crippen LogP contribution is 2.50. The van der Waals surface area contributed by atoms with Crippen LogP contribution in [0.2, 0.25) is 0 Å². The fourth-order valence-corrected chi connectivity index (χ4v) is 8.39. The molecule has 0 radical (unpaired) electrons. The Morgan fingerprint density at radius 2 is 1.63 bits per heavy atom. The molecule has 2 amide bonds. The van der Waals surface area contributed by atoms with Crippen molar-refractivity contribution in [3.05, 3.63) is 75.4 Å². The molecule has 13 heteroatoms. The van der Waals surface area contributed by atoms with Gasteiger partial charge in [-0.1, -0.05) is 32.0 Å². The van der Waals surface area contributed by atoms with Gasteiger partial charge >= 0.3 is 0 Å². The maximum absolute atomic E-state index is 13.9. The van der Waals surface area contributed by atoms with Gasteiger partial charge in [0.05, 0.1) is 38.0 Å². The number of rotatable bonds is 13. The summed E-state index contributed by atoms with van der Waals surface area (Å²) in [4.78, 5) is 39.9. The number of anilines is 1. The van der Waals surface area contributed by atoms with Crippen LogP contribution in [0, 0.1) is 5.92 Å². The van der Waals surface area contributed by atoms with Crippen LogP contribution in [0.1, 0.15) is 62.8 Å². The predicted octanol–water partition coefficient (Wildman–Crippen LogP) is 4.44. The van der Waals surface area contributed by atoms with E-state index in [0.29, 0.717) is 67.3 Å². The third-order valence-corrected chi connectivity index (χ3v) is 11.4. The van der Waals surface area contributed by atoms with Crippen molar-refractivity contribution < 1.29 is 32.2 Å². The molecule has 12 nitrogen and oxygen atoms in total. The second-order valence-corrected chi connectivity index (χ2v) is 15.2. The van der Waals surface area contributed by atoms with Gasteiger partial charge in [0.1, 0.15) is 6.04 Å².